The Morgan fingerprint density at radius 3 is 1.16 bits per heavy atom. The van der Waals surface area contributed by atoms with E-state index in [1.807, 2.05) is 0 Å². The highest BCUT2D eigenvalue weighted by Gasteiger charge is 2.19. The minimum atomic E-state index is -0.786. The molecule has 0 amide bonds. The van der Waals surface area contributed by atoms with E-state index in [1.165, 1.54) is 64.2 Å². The Kier molecular flexibility index (Phi) is 42.5. The molecule has 0 aromatic heterocycles. The van der Waals surface area contributed by atoms with Crippen LogP contribution in [0, 0.1) is 0 Å². The maximum Gasteiger partial charge on any atom is 0.306 e. The fourth-order valence-electron chi connectivity index (χ4n) is 6.19. The van der Waals surface area contributed by atoms with Crippen molar-refractivity contribution in [3.8, 4) is 0 Å². The van der Waals surface area contributed by atoms with Gasteiger partial charge in [-0.25, -0.2) is 0 Å². The van der Waals surface area contributed by atoms with E-state index in [1.54, 1.807) is 0 Å². The molecule has 0 rings (SSSR count). The van der Waals surface area contributed by atoms with Gasteiger partial charge in [-0.3, -0.25) is 14.4 Å². The summed E-state index contributed by atoms with van der Waals surface area (Å²) in [6, 6.07) is 0. The fourth-order valence-corrected chi connectivity index (χ4v) is 6.19. The van der Waals surface area contributed by atoms with Crippen LogP contribution >= 0.6 is 0 Å². The van der Waals surface area contributed by atoms with Crippen molar-refractivity contribution < 1.29 is 28.6 Å². The summed E-state index contributed by atoms with van der Waals surface area (Å²) in [4.78, 5) is 37.8. The molecule has 0 saturated heterocycles. The van der Waals surface area contributed by atoms with Gasteiger partial charge >= 0.3 is 17.9 Å². The molecular formula is C50H86O6. The Morgan fingerprint density at radius 2 is 0.714 bits per heavy atom. The summed E-state index contributed by atoms with van der Waals surface area (Å²) in [7, 11) is 0. The van der Waals surface area contributed by atoms with E-state index in [-0.39, 0.29) is 31.1 Å². The lowest BCUT2D eigenvalue weighted by molar-refractivity contribution is -0.167. The highest BCUT2D eigenvalue weighted by atomic mass is 16.6. The standard InChI is InChI=1S/C50H86O6/c1-4-7-10-13-16-19-22-24-25-26-29-31-34-37-40-43-49(52)55-46-47(45-54-48(51)42-39-36-33-30-27-21-18-15-12-9-6-3)56-50(53)44-41-38-35-32-28-23-20-17-14-11-8-5-2/h7,10,15-20,24-25,47H,4-6,8-9,11-14,21-23,26-46H2,1-3H3/b10-7-,18-15-,19-16-,20-17-,25-24-. The third kappa shape index (κ3) is 42.3. The topological polar surface area (TPSA) is 78.9 Å². The molecule has 6 nitrogen and oxygen atoms in total. The van der Waals surface area contributed by atoms with Crippen molar-refractivity contribution in [1.82, 2.24) is 0 Å². The van der Waals surface area contributed by atoms with Gasteiger partial charge in [0.25, 0.3) is 0 Å². The zero-order valence-electron chi connectivity index (χ0n) is 36.6. The first-order chi connectivity index (χ1) is 27.5. The molecule has 0 aromatic carbocycles. The lowest BCUT2D eigenvalue weighted by Crippen LogP contribution is -2.30. The Morgan fingerprint density at radius 1 is 0.375 bits per heavy atom. The number of rotatable bonds is 41. The van der Waals surface area contributed by atoms with Crippen molar-refractivity contribution in [2.45, 2.75) is 226 Å². The number of carbonyl (C=O) groups excluding carboxylic acids is 3. The Bertz CT molecular complexity index is 1040. The number of allylic oxidation sites excluding steroid dienone is 10. The smallest absolute Gasteiger partial charge is 0.306 e. The average Bonchev–Trinajstić information content (AvgIpc) is 3.19. The summed E-state index contributed by atoms with van der Waals surface area (Å²) in [6.07, 6.45) is 53.4. The molecule has 0 radical (unpaired) electrons. The maximum atomic E-state index is 12.7. The first kappa shape index (κ1) is 53.1. The van der Waals surface area contributed by atoms with Gasteiger partial charge in [0.2, 0.25) is 0 Å². The van der Waals surface area contributed by atoms with Crippen molar-refractivity contribution >= 4 is 17.9 Å². The second kappa shape index (κ2) is 44.8. The molecule has 0 bridgehead atoms. The summed E-state index contributed by atoms with van der Waals surface area (Å²) < 4.78 is 16.7. The molecular weight excluding hydrogens is 697 g/mol. The molecule has 0 spiro atoms. The first-order valence-corrected chi connectivity index (χ1v) is 23.3. The minimum Gasteiger partial charge on any atom is -0.462 e. The van der Waals surface area contributed by atoms with Crippen LogP contribution in [0.3, 0.4) is 0 Å². The molecule has 1 unspecified atom stereocenters. The quantitative estimate of drug-likeness (QED) is 0.0266. The highest BCUT2D eigenvalue weighted by Crippen LogP contribution is 2.13. The largest absolute Gasteiger partial charge is 0.462 e. The van der Waals surface area contributed by atoms with E-state index < -0.39 is 6.10 Å². The summed E-state index contributed by atoms with van der Waals surface area (Å²) in [5.74, 6) is -0.927. The normalized spacial score (nSPS) is 12.6. The van der Waals surface area contributed by atoms with Gasteiger partial charge in [-0.05, 0) is 96.3 Å². The molecule has 0 aliphatic rings. The number of ether oxygens (including phenoxy) is 3. The van der Waals surface area contributed by atoms with Gasteiger partial charge in [-0.2, -0.15) is 0 Å². The van der Waals surface area contributed by atoms with E-state index in [4.69, 9.17) is 14.2 Å². The van der Waals surface area contributed by atoms with Crippen LogP contribution in [-0.4, -0.2) is 37.2 Å². The molecule has 322 valence electrons. The van der Waals surface area contributed by atoms with E-state index in [0.29, 0.717) is 19.3 Å². The number of unbranched alkanes of at least 4 members (excludes halogenated alkanes) is 20. The van der Waals surface area contributed by atoms with Crippen LogP contribution in [-0.2, 0) is 28.6 Å². The zero-order chi connectivity index (χ0) is 40.8. The summed E-state index contributed by atoms with van der Waals surface area (Å²) in [5.41, 5.74) is 0. The lowest BCUT2D eigenvalue weighted by atomic mass is 10.1. The Labute approximate surface area is 345 Å². The number of hydrogen-bond acceptors (Lipinski definition) is 6. The lowest BCUT2D eigenvalue weighted by Gasteiger charge is -2.18. The van der Waals surface area contributed by atoms with E-state index in [2.05, 4.69) is 81.5 Å². The van der Waals surface area contributed by atoms with Gasteiger partial charge in [0.1, 0.15) is 13.2 Å². The average molecular weight is 783 g/mol. The molecule has 0 N–H and O–H groups in total. The predicted octanol–water partition coefficient (Wildman–Crippen LogP) is 14.9. The zero-order valence-corrected chi connectivity index (χ0v) is 36.6. The molecule has 0 aliphatic carbocycles. The van der Waals surface area contributed by atoms with E-state index >= 15 is 0 Å². The Balaban J connectivity index is 4.42. The van der Waals surface area contributed by atoms with Crippen LogP contribution in [0.15, 0.2) is 60.8 Å². The number of carbonyl (C=O) groups is 3. The van der Waals surface area contributed by atoms with Crippen molar-refractivity contribution in [2.24, 2.45) is 0 Å². The van der Waals surface area contributed by atoms with Crippen molar-refractivity contribution in [1.29, 1.82) is 0 Å². The molecule has 0 fully saturated rings. The predicted molar refractivity (Wildman–Crippen MR) is 238 cm³/mol. The van der Waals surface area contributed by atoms with Crippen LogP contribution < -0.4 is 0 Å². The van der Waals surface area contributed by atoms with Gasteiger partial charge in [0.05, 0.1) is 0 Å². The first-order valence-electron chi connectivity index (χ1n) is 23.3. The molecule has 1 atom stereocenters. The van der Waals surface area contributed by atoms with Crippen LogP contribution in [0.5, 0.6) is 0 Å². The number of esters is 3. The van der Waals surface area contributed by atoms with E-state index in [9.17, 15) is 14.4 Å². The second-order valence-electron chi connectivity index (χ2n) is 15.3. The van der Waals surface area contributed by atoms with Crippen LogP contribution in [0.4, 0.5) is 0 Å². The third-order valence-electron chi connectivity index (χ3n) is 9.73. The van der Waals surface area contributed by atoms with Crippen LogP contribution in [0.25, 0.3) is 0 Å². The summed E-state index contributed by atoms with van der Waals surface area (Å²) >= 11 is 0. The van der Waals surface area contributed by atoms with E-state index in [0.717, 1.165) is 116 Å². The third-order valence-corrected chi connectivity index (χ3v) is 9.73. The number of hydrogen-bond donors (Lipinski definition) is 0. The second-order valence-corrected chi connectivity index (χ2v) is 15.3. The Hall–Kier alpha value is -2.89. The van der Waals surface area contributed by atoms with Gasteiger partial charge in [-0.15, -0.1) is 0 Å². The fraction of sp³-hybridized carbons (Fsp3) is 0.740. The van der Waals surface area contributed by atoms with Crippen molar-refractivity contribution in [3.63, 3.8) is 0 Å². The van der Waals surface area contributed by atoms with Crippen molar-refractivity contribution in [2.75, 3.05) is 13.2 Å². The summed E-state index contributed by atoms with van der Waals surface area (Å²) in [5, 5.41) is 0. The molecule has 56 heavy (non-hydrogen) atoms. The van der Waals surface area contributed by atoms with Gasteiger partial charge in [0, 0.05) is 19.3 Å². The molecule has 0 heterocycles. The highest BCUT2D eigenvalue weighted by molar-refractivity contribution is 5.71. The molecule has 0 aromatic rings. The molecule has 0 aliphatic heterocycles. The monoisotopic (exact) mass is 783 g/mol. The van der Waals surface area contributed by atoms with Crippen LogP contribution in [0.1, 0.15) is 220 Å². The SMILES string of the molecule is CC/C=C\C/C=C\C/C=C\CCCCCCCC(=O)OCC(COC(=O)CCCCCCC/C=C\CCCC)OC(=O)CCCCCCC/C=C\CCCCC. The van der Waals surface area contributed by atoms with Gasteiger partial charge < -0.3 is 14.2 Å². The van der Waals surface area contributed by atoms with Crippen molar-refractivity contribution in [3.05, 3.63) is 60.8 Å². The minimum absolute atomic E-state index is 0.0881. The summed E-state index contributed by atoms with van der Waals surface area (Å²) in [6.45, 7) is 6.42. The van der Waals surface area contributed by atoms with Gasteiger partial charge in [-0.1, -0.05) is 165 Å². The maximum absolute atomic E-state index is 12.7. The van der Waals surface area contributed by atoms with Gasteiger partial charge in [0.15, 0.2) is 6.10 Å². The molecule has 0 saturated carbocycles. The van der Waals surface area contributed by atoms with Crippen LogP contribution in [0.2, 0.25) is 0 Å². The molecule has 6 heteroatoms.